The molecule has 1 aromatic carbocycles. The van der Waals surface area contributed by atoms with Crippen molar-refractivity contribution in [2.45, 2.75) is 26.7 Å². The molecule has 1 heterocycles. The SMILES string of the molecule is CCNCC1CCN(C(=O)c2ccc(F)c(NC(C)=O)c2)CC1. The summed E-state index contributed by atoms with van der Waals surface area (Å²) >= 11 is 0. The van der Waals surface area contributed by atoms with Gasteiger partial charge in [-0.05, 0) is 50.0 Å². The van der Waals surface area contributed by atoms with Gasteiger partial charge in [-0.3, -0.25) is 9.59 Å². The molecule has 0 aromatic heterocycles. The van der Waals surface area contributed by atoms with Crippen LogP contribution in [0.25, 0.3) is 0 Å². The van der Waals surface area contributed by atoms with Gasteiger partial charge in [0.25, 0.3) is 5.91 Å². The lowest BCUT2D eigenvalue weighted by molar-refractivity contribution is -0.114. The third-order valence-electron chi connectivity index (χ3n) is 4.11. The number of rotatable bonds is 5. The van der Waals surface area contributed by atoms with E-state index in [1.807, 2.05) is 0 Å². The topological polar surface area (TPSA) is 61.4 Å². The fraction of sp³-hybridized carbons (Fsp3) is 0.529. The number of likely N-dealkylation sites (tertiary alicyclic amines) is 1. The van der Waals surface area contributed by atoms with E-state index in [4.69, 9.17) is 0 Å². The van der Waals surface area contributed by atoms with Crippen LogP contribution >= 0.6 is 0 Å². The lowest BCUT2D eigenvalue weighted by Gasteiger charge is -2.32. The number of piperidine rings is 1. The maximum atomic E-state index is 13.7. The van der Waals surface area contributed by atoms with Gasteiger partial charge in [0.05, 0.1) is 5.69 Å². The van der Waals surface area contributed by atoms with Crippen molar-refractivity contribution in [2.75, 3.05) is 31.5 Å². The number of hydrogen-bond acceptors (Lipinski definition) is 3. The summed E-state index contributed by atoms with van der Waals surface area (Å²) in [5.41, 5.74) is 0.450. The third kappa shape index (κ3) is 4.76. The van der Waals surface area contributed by atoms with E-state index in [1.165, 1.54) is 25.1 Å². The van der Waals surface area contributed by atoms with Gasteiger partial charge < -0.3 is 15.5 Å². The van der Waals surface area contributed by atoms with Crippen LogP contribution in [0.5, 0.6) is 0 Å². The van der Waals surface area contributed by atoms with Gasteiger partial charge in [-0.25, -0.2) is 4.39 Å². The van der Waals surface area contributed by atoms with Gasteiger partial charge >= 0.3 is 0 Å². The van der Waals surface area contributed by atoms with Crippen molar-refractivity contribution in [3.05, 3.63) is 29.6 Å². The molecule has 6 heteroatoms. The first kappa shape index (κ1) is 17.4. The molecule has 1 aliphatic heterocycles. The van der Waals surface area contributed by atoms with Gasteiger partial charge in [-0.15, -0.1) is 0 Å². The van der Waals surface area contributed by atoms with Crippen LogP contribution in [-0.4, -0.2) is 42.9 Å². The fourth-order valence-corrected chi connectivity index (χ4v) is 2.81. The molecule has 0 unspecified atom stereocenters. The number of carbonyl (C=O) groups is 2. The van der Waals surface area contributed by atoms with Crippen LogP contribution in [-0.2, 0) is 4.79 Å². The van der Waals surface area contributed by atoms with Gasteiger partial charge in [0.2, 0.25) is 5.91 Å². The summed E-state index contributed by atoms with van der Waals surface area (Å²) in [6, 6.07) is 4.09. The van der Waals surface area contributed by atoms with Crippen LogP contribution in [0.2, 0.25) is 0 Å². The Morgan fingerprint density at radius 2 is 2.00 bits per heavy atom. The van der Waals surface area contributed by atoms with Crippen LogP contribution in [0.3, 0.4) is 0 Å². The van der Waals surface area contributed by atoms with E-state index in [1.54, 1.807) is 4.90 Å². The van der Waals surface area contributed by atoms with E-state index in [0.717, 1.165) is 25.9 Å². The normalized spacial score (nSPS) is 15.5. The minimum absolute atomic E-state index is 0.0466. The van der Waals surface area contributed by atoms with Crippen molar-refractivity contribution in [2.24, 2.45) is 5.92 Å². The molecule has 0 saturated carbocycles. The van der Waals surface area contributed by atoms with Crippen molar-refractivity contribution < 1.29 is 14.0 Å². The highest BCUT2D eigenvalue weighted by molar-refractivity contribution is 5.97. The molecule has 0 radical (unpaired) electrons. The summed E-state index contributed by atoms with van der Waals surface area (Å²) in [6.07, 6.45) is 1.94. The Balaban J connectivity index is 2.00. The number of benzene rings is 1. The summed E-state index contributed by atoms with van der Waals surface area (Å²) in [4.78, 5) is 25.4. The second-order valence-corrected chi connectivity index (χ2v) is 5.92. The molecule has 5 nitrogen and oxygen atoms in total. The van der Waals surface area contributed by atoms with Gasteiger partial charge in [-0.1, -0.05) is 6.92 Å². The standard InChI is InChI=1S/C17H24FN3O2/c1-3-19-11-13-6-8-21(9-7-13)17(23)14-4-5-15(18)16(10-14)20-12(2)22/h4-5,10,13,19H,3,6-9,11H2,1-2H3,(H,20,22). The van der Waals surface area contributed by atoms with Crippen LogP contribution in [0.1, 0.15) is 37.0 Å². The monoisotopic (exact) mass is 321 g/mol. The van der Waals surface area contributed by atoms with E-state index < -0.39 is 5.82 Å². The molecule has 23 heavy (non-hydrogen) atoms. The van der Waals surface area contributed by atoms with Gasteiger partial charge in [-0.2, -0.15) is 0 Å². The van der Waals surface area contributed by atoms with Crippen LogP contribution in [0.4, 0.5) is 10.1 Å². The molecule has 1 aromatic rings. The number of nitrogens with one attached hydrogen (secondary N) is 2. The Hall–Kier alpha value is -1.95. The quantitative estimate of drug-likeness (QED) is 0.874. The maximum absolute atomic E-state index is 13.7. The molecule has 1 aliphatic rings. The van der Waals surface area contributed by atoms with E-state index in [9.17, 15) is 14.0 Å². The number of nitrogens with zero attached hydrogens (tertiary/aromatic N) is 1. The molecule has 0 bridgehead atoms. The Bertz CT molecular complexity index is 569. The smallest absolute Gasteiger partial charge is 0.253 e. The lowest BCUT2D eigenvalue weighted by Crippen LogP contribution is -2.40. The van der Waals surface area contributed by atoms with Gasteiger partial charge in [0.15, 0.2) is 0 Å². The van der Waals surface area contributed by atoms with Crippen molar-refractivity contribution >= 4 is 17.5 Å². The Morgan fingerprint density at radius 1 is 1.30 bits per heavy atom. The second-order valence-electron chi connectivity index (χ2n) is 5.92. The summed E-state index contributed by atoms with van der Waals surface area (Å²) < 4.78 is 13.7. The zero-order valence-electron chi connectivity index (χ0n) is 13.7. The van der Waals surface area contributed by atoms with Crippen molar-refractivity contribution in [3.63, 3.8) is 0 Å². The van der Waals surface area contributed by atoms with Crippen molar-refractivity contribution in [3.8, 4) is 0 Å². The number of carbonyl (C=O) groups excluding carboxylic acids is 2. The summed E-state index contributed by atoms with van der Waals surface area (Å²) in [5, 5.41) is 5.75. The minimum Gasteiger partial charge on any atom is -0.339 e. The highest BCUT2D eigenvalue weighted by Crippen LogP contribution is 2.21. The van der Waals surface area contributed by atoms with Crippen LogP contribution < -0.4 is 10.6 Å². The summed E-state index contributed by atoms with van der Waals surface area (Å²) in [6.45, 7) is 6.76. The summed E-state index contributed by atoms with van der Waals surface area (Å²) in [5.74, 6) is -0.417. The van der Waals surface area contributed by atoms with Gasteiger partial charge in [0, 0.05) is 25.6 Å². The molecule has 0 atom stereocenters. The predicted octanol–water partition coefficient (Wildman–Crippen LogP) is 2.25. The zero-order chi connectivity index (χ0) is 16.8. The fourth-order valence-electron chi connectivity index (χ4n) is 2.81. The molecular weight excluding hydrogens is 297 g/mol. The summed E-state index contributed by atoms with van der Waals surface area (Å²) in [7, 11) is 0. The Morgan fingerprint density at radius 3 is 2.61 bits per heavy atom. The van der Waals surface area contributed by atoms with Crippen LogP contribution in [0, 0.1) is 11.7 Å². The first-order valence-corrected chi connectivity index (χ1v) is 8.08. The Kier molecular flexibility index (Phi) is 6.10. The van der Waals surface area contributed by atoms with Crippen LogP contribution in [0.15, 0.2) is 18.2 Å². The van der Waals surface area contributed by atoms with E-state index in [-0.39, 0.29) is 17.5 Å². The van der Waals surface area contributed by atoms with Crippen molar-refractivity contribution in [1.29, 1.82) is 0 Å². The van der Waals surface area contributed by atoms with E-state index >= 15 is 0 Å². The average molecular weight is 321 g/mol. The molecule has 1 fully saturated rings. The second kappa shape index (κ2) is 8.06. The lowest BCUT2D eigenvalue weighted by atomic mass is 9.96. The molecular formula is C17H24FN3O2. The first-order chi connectivity index (χ1) is 11.0. The molecule has 2 N–H and O–H groups in total. The predicted molar refractivity (Wildman–Crippen MR) is 87.9 cm³/mol. The maximum Gasteiger partial charge on any atom is 0.253 e. The average Bonchev–Trinajstić information content (AvgIpc) is 2.54. The third-order valence-corrected chi connectivity index (χ3v) is 4.11. The number of anilines is 1. The zero-order valence-corrected chi connectivity index (χ0v) is 13.7. The van der Waals surface area contributed by atoms with E-state index in [0.29, 0.717) is 24.6 Å². The number of halogens is 1. The van der Waals surface area contributed by atoms with Crippen molar-refractivity contribution in [1.82, 2.24) is 10.2 Å². The largest absolute Gasteiger partial charge is 0.339 e. The Labute approximate surface area is 136 Å². The molecule has 0 spiro atoms. The number of hydrogen-bond donors (Lipinski definition) is 2. The highest BCUT2D eigenvalue weighted by Gasteiger charge is 2.24. The molecule has 1 saturated heterocycles. The minimum atomic E-state index is -0.541. The van der Waals surface area contributed by atoms with Gasteiger partial charge in [0.1, 0.15) is 5.82 Å². The molecule has 2 amide bonds. The molecule has 0 aliphatic carbocycles. The first-order valence-electron chi connectivity index (χ1n) is 8.08. The molecule has 126 valence electrons. The van der Waals surface area contributed by atoms with E-state index in [2.05, 4.69) is 17.6 Å². The molecule has 2 rings (SSSR count). The highest BCUT2D eigenvalue weighted by atomic mass is 19.1. The number of amides is 2.